The summed E-state index contributed by atoms with van der Waals surface area (Å²) in [6, 6.07) is 9.75. The summed E-state index contributed by atoms with van der Waals surface area (Å²) in [6.07, 6.45) is 12.1. The number of allylic oxidation sites excluding steroid dienone is 2. The molecule has 8 heteroatoms. The number of phenolic OH excluding ortho intramolecular Hbond substituents is 1. The van der Waals surface area contributed by atoms with E-state index in [4.69, 9.17) is 9.47 Å². The van der Waals surface area contributed by atoms with Crippen LogP contribution < -0.4 is 4.74 Å². The summed E-state index contributed by atoms with van der Waals surface area (Å²) in [5.41, 5.74) is 5.45. The number of carbonyl (C=O) groups is 2. The Morgan fingerprint density at radius 1 is 1.17 bits per heavy atom. The highest BCUT2D eigenvalue weighted by atomic mass is 127. The Kier molecular flexibility index (Phi) is 8.73. The Balaban J connectivity index is 1.26. The van der Waals surface area contributed by atoms with Gasteiger partial charge in [0.1, 0.15) is 0 Å². The lowest BCUT2D eigenvalue weighted by Gasteiger charge is -2.31. The second kappa shape index (κ2) is 12.5. The van der Waals surface area contributed by atoms with Crippen LogP contribution in [0.1, 0.15) is 76.0 Å². The topological polar surface area (TPSA) is 89.0 Å². The maximum Gasteiger partial charge on any atom is 0.234 e. The van der Waals surface area contributed by atoms with E-state index < -0.39 is 0 Å². The van der Waals surface area contributed by atoms with Crippen LogP contribution in [0.15, 0.2) is 47.7 Å². The van der Waals surface area contributed by atoms with Crippen LogP contribution in [0.4, 0.5) is 0 Å². The highest BCUT2D eigenvalue weighted by Gasteiger charge is 2.57. The molecule has 1 aromatic heterocycles. The predicted molar refractivity (Wildman–Crippen MR) is 170 cm³/mol. The fourth-order valence-electron chi connectivity index (χ4n) is 7.68. The highest BCUT2D eigenvalue weighted by Crippen LogP contribution is 2.51. The third kappa shape index (κ3) is 5.41. The number of fused-ring (bicyclic) bond motifs is 3. The average molecular weight is 683 g/mol. The zero-order valence-electron chi connectivity index (χ0n) is 24.4. The Hall–Kier alpha value is -2.72. The van der Waals surface area contributed by atoms with Crippen molar-refractivity contribution in [3.05, 3.63) is 62.5 Å². The van der Waals surface area contributed by atoms with E-state index >= 15 is 0 Å². The maximum absolute atomic E-state index is 13.8. The molecule has 0 spiro atoms. The van der Waals surface area contributed by atoms with Crippen LogP contribution in [0.2, 0.25) is 0 Å². The molecule has 1 aromatic carbocycles. The van der Waals surface area contributed by atoms with E-state index in [1.807, 2.05) is 30.3 Å². The van der Waals surface area contributed by atoms with Crippen LogP contribution >= 0.6 is 22.6 Å². The van der Waals surface area contributed by atoms with E-state index in [9.17, 15) is 14.7 Å². The molecular formula is C34H39IN2O5. The first-order chi connectivity index (χ1) is 20.4. The molecule has 4 atom stereocenters. The van der Waals surface area contributed by atoms with Crippen LogP contribution in [-0.4, -0.2) is 52.7 Å². The minimum absolute atomic E-state index is 0.0149. The van der Waals surface area contributed by atoms with Gasteiger partial charge in [-0.15, -0.1) is 0 Å². The number of halogens is 1. The van der Waals surface area contributed by atoms with Gasteiger partial charge in [0.2, 0.25) is 11.8 Å². The number of methoxy groups -OCH3 is 1. The summed E-state index contributed by atoms with van der Waals surface area (Å²) in [6.45, 7) is 2.66. The lowest BCUT2D eigenvalue weighted by Crippen LogP contribution is -2.42. The molecular weight excluding hydrogens is 643 g/mol. The van der Waals surface area contributed by atoms with Crippen molar-refractivity contribution in [2.24, 2.45) is 17.8 Å². The molecule has 2 aliphatic carbocycles. The van der Waals surface area contributed by atoms with E-state index in [1.54, 1.807) is 18.2 Å². The monoisotopic (exact) mass is 682 g/mol. The third-order valence-electron chi connectivity index (χ3n) is 9.69. The minimum atomic E-state index is -0.285. The molecule has 1 saturated carbocycles. The normalized spacial score (nSPS) is 26.5. The molecule has 4 aliphatic rings. The molecule has 222 valence electrons. The number of likely N-dealkylation sites (tertiary alicyclic amines) is 1. The van der Waals surface area contributed by atoms with Crippen molar-refractivity contribution < 1.29 is 24.2 Å². The van der Waals surface area contributed by atoms with E-state index in [0.29, 0.717) is 22.3 Å². The molecule has 7 nitrogen and oxygen atoms in total. The number of nitrogens with zero attached hydrogens (tertiary/aromatic N) is 2. The van der Waals surface area contributed by atoms with Gasteiger partial charge in [-0.25, -0.2) is 0 Å². The highest BCUT2D eigenvalue weighted by molar-refractivity contribution is 14.1. The van der Waals surface area contributed by atoms with Gasteiger partial charge >= 0.3 is 0 Å². The first-order valence-electron chi connectivity index (χ1n) is 15.3. The Bertz CT molecular complexity index is 1410. The predicted octanol–water partition coefficient (Wildman–Crippen LogP) is 6.78. The number of hydrogen-bond acceptors (Lipinski definition) is 6. The molecule has 42 heavy (non-hydrogen) atoms. The van der Waals surface area contributed by atoms with Gasteiger partial charge in [-0.3, -0.25) is 19.5 Å². The number of hydrogen-bond donors (Lipinski definition) is 1. The summed E-state index contributed by atoms with van der Waals surface area (Å²) in [5.74, 6) is 0.139. The summed E-state index contributed by atoms with van der Waals surface area (Å²) >= 11 is 2.11. The number of ether oxygens (including phenoxy) is 2. The van der Waals surface area contributed by atoms with E-state index in [2.05, 4.69) is 40.6 Å². The van der Waals surface area contributed by atoms with Gasteiger partial charge in [0.25, 0.3) is 0 Å². The molecule has 2 amide bonds. The molecule has 0 unspecified atom stereocenters. The fraction of sp³-hybridized carbons (Fsp3) is 0.500. The standard InChI is InChI=1S/C34H39IN2O5/c1-3-21-18-24-31(34(40)37(33(24)39)23-9-5-4-6-10-23)25-19-42-28(30(21)25)13-12-22(27-11-7-8-14-36-27)15-20-16-26(35)32(38)29(17-20)41-2/h7-8,11,14-17,23-25,28,31,38H,3-6,9-10,12-13,18-19H2,1-2H3/b22-15-/t24-,25+,28-,31-/m1/s1. The van der Waals surface area contributed by atoms with E-state index in [-0.39, 0.29) is 47.5 Å². The number of pyridine rings is 1. The number of rotatable bonds is 8. The molecule has 0 radical (unpaired) electrons. The summed E-state index contributed by atoms with van der Waals surface area (Å²) < 4.78 is 12.6. The minimum Gasteiger partial charge on any atom is -0.504 e. The number of amides is 2. The van der Waals surface area contributed by atoms with Gasteiger partial charge in [0, 0.05) is 18.2 Å². The maximum atomic E-state index is 13.8. The Labute approximate surface area is 261 Å². The van der Waals surface area contributed by atoms with Gasteiger partial charge < -0.3 is 14.6 Å². The number of carbonyl (C=O) groups excluding carboxylic acids is 2. The number of imide groups is 1. The van der Waals surface area contributed by atoms with E-state index in [0.717, 1.165) is 61.8 Å². The summed E-state index contributed by atoms with van der Waals surface area (Å²) in [4.78, 5) is 33.8. The van der Waals surface area contributed by atoms with Crippen LogP contribution in [0.5, 0.6) is 11.5 Å². The van der Waals surface area contributed by atoms with Gasteiger partial charge in [0.15, 0.2) is 11.5 Å². The fourth-order valence-corrected chi connectivity index (χ4v) is 8.31. The lowest BCUT2D eigenvalue weighted by atomic mass is 9.69. The molecule has 2 aliphatic heterocycles. The zero-order chi connectivity index (χ0) is 29.4. The van der Waals surface area contributed by atoms with E-state index in [1.165, 1.54) is 17.6 Å². The molecule has 1 N–H and O–H groups in total. The largest absolute Gasteiger partial charge is 0.504 e. The van der Waals surface area contributed by atoms with Gasteiger partial charge in [-0.05, 0) is 108 Å². The molecule has 6 rings (SSSR count). The first-order valence-corrected chi connectivity index (χ1v) is 16.4. The van der Waals surface area contributed by atoms with Crippen molar-refractivity contribution in [1.29, 1.82) is 0 Å². The SMILES string of the molecule is CCC1=C2[C@@H](CC/C(=C/c3cc(I)c(O)c(OC)c3)c3ccccn3)OC[C@@H]2[C@@H]2C(=O)N(C3CCCCC3)C(=O)[C@@H]2C1. The number of aromatic hydroxyl groups is 1. The van der Waals surface area contributed by atoms with Crippen molar-refractivity contribution in [2.45, 2.75) is 76.9 Å². The van der Waals surface area contributed by atoms with Crippen molar-refractivity contribution in [3.8, 4) is 11.5 Å². The van der Waals surface area contributed by atoms with Gasteiger partial charge in [-0.1, -0.05) is 37.8 Å². The van der Waals surface area contributed by atoms with Crippen molar-refractivity contribution in [3.63, 3.8) is 0 Å². The molecule has 0 bridgehead atoms. The van der Waals surface area contributed by atoms with Crippen LogP contribution in [0.25, 0.3) is 11.6 Å². The summed E-state index contributed by atoms with van der Waals surface area (Å²) in [7, 11) is 1.55. The Morgan fingerprint density at radius 3 is 2.69 bits per heavy atom. The number of aromatic nitrogens is 1. The summed E-state index contributed by atoms with van der Waals surface area (Å²) in [5, 5.41) is 10.3. The molecule has 2 aromatic rings. The second-order valence-corrected chi connectivity index (χ2v) is 13.2. The molecule has 3 fully saturated rings. The number of phenols is 1. The first kappa shape index (κ1) is 29.4. The average Bonchev–Trinajstić information content (AvgIpc) is 3.55. The quantitative estimate of drug-likeness (QED) is 0.188. The molecule has 3 heterocycles. The smallest absolute Gasteiger partial charge is 0.234 e. The van der Waals surface area contributed by atoms with Crippen molar-refractivity contribution in [1.82, 2.24) is 9.88 Å². The van der Waals surface area contributed by atoms with Crippen LogP contribution in [0.3, 0.4) is 0 Å². The van der Waals surface area contributed by atoms with Crippen LogP contribution in [0, 0.1) is 21.3 Å². The lowest BCUT2D eigenvalue weighted by molar-refractivity contribution is -0.143. The van der Waals surface area contributed by atoms with Crippen molar-refractivity contribution in [2.75, 3.05) is 13.7 Å². The third-order valence-corrected chi connectivity index (χ3v) is 10.5. The van der Waals surface area contributed by atoms with Crippen molar-refractivity contribution >= 4 is 46.1 Å². The number of benzene rings is 1. The zero-order valence-corrected chi connectivity index (χ0v) is 26.5. The van der Waals surface area contributed by atoms with Gasteiger partial charge in [0.05, 0.1) is 40.9 Å². The van der Waals surface area contributed by atoms with Crippen LogP contribution in [-0.2, 0) is 14.3 Å². The molecule has 2 saturated heterocycles. The Morgan fingerprint density at radius 2 is 1.98 bits per heavy atom. The second-order valence-electron chi connectivity index (χ2n) is 12.0. The van der Waals surface area contributed by atoms with Gasteiger partial charge in [-0.2, -0.15) is 0 Å².